The highest BCUT2D eigenvalue weighted by atomic mass is 79.9. The van der Waals surface area contributed by atoms with Crippen LogP contribution in [0.3, 0.4) is 0 Å². The molecule has 0 aliphatic carbocycles. The molecule has 0 radical (unpaired) electrons. The van der Waals surface area contributed by atoms with Crippen LogP contribution in [0.5, 0.6) is 0 Å². The van der Waals surface area contributed by atoms with E-state index in [0.29, 0.717) is 10.2 Å². The summed E-state index contributed by atoms with van der Waals surface area (Å²) in [6.45, 7) is 0. The molecule has 1 rings (SSSR count). The molecule has 0 saturated heterocycles. The van der Waals surface area contributed by atoms with Crippen molar-refractivity contribution in [2.45, 2.75) is 17.7 Å². The van der Waals surface area contributed by atoms with E-state index in [-0.39, 0.29) is 23.3 Å². The summed E-state index contributed by atoms with van der Waals surface area (Å²) in [6, 6.07) is 4.08. The number of thiol groups is 1. The molecule has 1 aromatic carbocycles. The van der Waals surface area contributed by atoms with Gasteiger partial charge in [0.05, 0.1) is 0 Å². The molecule has 0 aromatic heterocycles. The molecular weight excluding hydrogens is 286 g/mol. The van der Waals surface area contributed by atoms with Crippen molar-refractivity contribution in [3.63, 3.8) is 0 Å². The normalized spacial score (nSPS) is 10.7. The van der Waals surface area contributed by atoms with E-state index in [1.54, 1.807) is 0 Å². The fraction of sp³-hybridized carbons (Fsp3) is 0.300. The van der Waals surface area contributed by atoms with Gasteiger partial charge in [0, 0.05) is 27.8 Å². The van der Waals surface area contributed by atoms with Crippen LogP contribution < -0.4 is 0 Å². The molecule has 82 valence electrons. The zero-order valence-electron chi connectivity index (χ0n) is 7.71. The van der Waals surface area contributed by atoms with Crippen molar-refractivity contribution in [2.24, 2.45) is 0 Å². The third-order valence-electron chi connectivity index (χ3n) is 1.89. The van der Waals surface area contributed by atoms with Gasteiger partial charge in [-0.2, -0.15) is 0 Å². The van der Waals surface area contributed by atoms with Crippen molar-refractivity contribution >= 4 is 34.3 Å². The van der Waals surface area contributed by atoms with Gasteiger partial charge in [0.25, 0.3) is 6.43 Å². The number of ketones is 1. The first-order valence-corrected chi connectivity index (χ1v) is 5.83. The van der Waals surface area contributed by atoms with Crippen LogP contribution in [0.15, 0.2) is 23.1 Å². The Morgan fingerprint density at radius 2 is 2.13 bits per heavy atom. The molecular formula is C10H9BrF2OS. The number of Topliss-reactive ketones (excluding diaryl/α,β-unsaturated/α-hetero) is 1. The summed E-state index contributed by atoms with van der Waals surface area (Å²) in [7, 11) is 0. The Morgan fingerprint density at radius 1 is 1.47 bits per heavy atom. The lowest BCUT2D eigenvalue weighted by atomic mass is 10.0. The Balaban J connectivity index is 3.12. The molecule has 0 fully saturated rings. The predicted molar refractivity (Wildman–Crippen MR) is 61.4 cm³/mol. The monoisotopic (exact) mass is 294 g/mol. The number of carbonyl (C=O) groups is 1. The van der Waals surface area contributed by atoms with Crippen LogP contribution >= 0.6 is 28.6 Å². The third-order valence-corrected chi connectivity index (χ3v) is 2.57. The second-order valence-electron chi connectivity index (χ2n) is 2.93. The van der Waals surface area contributed by atoms with Crippen LogP contribution in [0, 0.1) is 0 Å². The average Bonchev–Trinajstić information content (AvgIpc) is 2.17. The van der Waals surface area contributed by atoms with E-state index in [2.05, 4.69) is 28.6 Å². The highest BCUT2D eigenvalue weighted by Crippen LogP contribution is 2.26. The molecule has 0 heterocycles. The van der Waals surface area contributed by atoms with Crippen molar-refractivity contribution < 1.29 is 13.6 Å². The van der Waals surface area contributed by atoms with Crippen LogP contribution in [0.1, 0.15) is 28.8 Å². The highest BCUT2D eigenvalue weighted by Gasteiger charge is 2.17. The minimum absolute atomic E-state index is 0.0666. The summed E-state index contributed by atoms with van der Waals surface area (Å²) in [4.78, 5) is 12.0. The van der Waals surface area contributed by atoms with E-state index in [9.17, 15) is 13.6 Å². The fourth-order valence-corrected chi connectivity index (χ4v) is 1.76. The molecule has 0 bridgehead atoms. The van der Waals surface area contributed by atoms with Gasteiger partial charge in [-0.3, -0.25) is 4.79 Å². The second kappa shape index (κ2) is 5.61. The Bertz CT molecular complexity index is 368. The van der Waals surface area contributed by atoms with E-state index in [4.69, 9.17) is 0 Å². The molecule has 15 heavy (non-hydrogen) atoms. The topological polar surface area (TPSA) is 17.1 Å². The first kappa shape index (κ1) is 12.6. The summed E-state index contributed by atoms with van der Waals surface area (Å²) >= 11 is 7.12. The number of hydrogen-bond donors (Lipinski definition) is 1. The minimum atomic E-state index is -2.63. The van der Waals surface area contributed by atoms with E-state index >= 15 is 0 Å². The van der Waals surface area contributed by atoms with Gasteiger partial charge in [-0.15, -0.1) is 12.6 Å². The summed E-state index contributed by atoms with van der Waals surface area (Å²) < 4.78 is 25.1. The molecule has 0 N–H and O–H groups in total. The summed E-state index contributed by atoms with van der Waals surface area (Å²) in [5.74, 6) is -0.293. The standard InChI is InChI=1S/C10H9BrF2OS/c11-4-3-9(14)8-5-6(15)1-2-7(8)10(12)13/h1-2,5,10,15H,3-4H2. The molecule has 1 aromatic rings. The smallest absolute Gasteiger partial charge is 0.264 e. The Kier molecular flexibility index (Phi) is 4.73. The molecule has 0 spiro atoms. The fourth-order valence-electron chi connectivity index (χ4n) is 1.20. The maximum atomic E-state index is 12.6. The molecule has 0 aliphatic heterocycles. The summed E-state index contributed by atoms with van der Waals surface area (Å²) in [5, 5.41) is 0.464. The Morgan fingerprint density at radius 3 is 2.67 bits per heavy atom. The van der Waals surface area contributed by atoms with Crippen molar-refractivity contribution in [2.75, 3.05) is 5.33 Å². The highest BCUT2D eigenvalue weighted by molar-refractivity contribution is 9.09. The van der Waals surface area contributed by atoms with E-state index in [0.717, 1.165) is 0 Å². The van der Waals surface area contributed by atoms with Crippen LogP contribution in [0.2, 0.25) is 0 Å². The maximum Gasteiger partial charge on any atom is 0.264 e. The van der Waals surface area contributed by atoms with Crippen molar-refractivity contribution in [3.8, 4) is 0 Å². The van der Waals surface area contributed by atoms with E-state index in [1.807, 2.05) is 0 Å². The summed E-state index contributed by atoms with van der Waals surface area (Å²) in [6.07, 6.45) is -2.43. The van der Waals surface area contributed by atoms with Gasteiger partial charge < -0.3 is 0 Å². The lowest BCUT2D eigenvalue weighted by molar-refractivity contribution is 0.0975. The zero-order valence-corrected chi connectivity index (χ0v) is 10.2. The van der Waals surface area contributed by atoms with Crippen molar-refractivity contribution in [3.05, 3.63) is 29.3 Å². The minimum Gasteiger partial charge on any atom is -0.294 e. The van der Waals surface area contributed by atoms with Crippen molar-refractivity contribution in [1.82, 2.24) is 0 Å². The molecule has 0 unspecified atom stereocenters. The average molecular weight is 295 g/mol. The van der Waals surface area contributed by atoms with Gasteiger partial charge in [-0.05, 0) is 12.1 Å². The third kappa shape index (κ3) is 3.28. The summed E-state index contributed by atoms with van der Waals surface area (Å²) in [5.41, 5.74) is -0.157. The van der Waals surface area contributed by atoms with Gasteiger partial charge in [-0.25, -0.2) is 8.78 Å². The quantitative estimate of drug-likeness (QED) is 0.507. The van der Waals surface area contributed by atoms with Crippen LogP contribution in [0.25, 0.3) is 0 Å². The molecule has 5 heteroatoms. The van der Waals surface area contributed by atoms with Gasteiger partial charge >= 0.3 is 0 Å². The van der Waals surface area contributed by atoms with E-state index < -0.39 is 6.43 Å². The number of carbonyl (C=O) groups excluding carboxylic acids is 1. The first-order valence-electron chi connectivity index (χ1n) is 4.26. The molecule has 0 saturated carbocycles. The van der Waals surface area contributed by atoms with Crippen LogP contribution in [0.4, 0.5) is 8.78 Å². The van der Waals surface area contributed by atoms with Gasteiger partial charge in [-0.1, -0.05) is 22.0 Å². The largest absolute Gasteiger partial charge is 0.294 e. The molecule has 0 aliphatic rings. The van der Waals surface area contributed by atoms with Gasteiger partial charge in [0.1, 0.15) is 0 Å². The first-order chi connectivity index (χ1) is 7.06. The van der Waals surface area contributed by atoms with Crippen LogP contribution in [-0.2, 0) is 0 Å². The molecule has 0 amide bonds. The lowest BCUT2D eigenvalue weighted by Crippen LogP contribution is -2.05. The second-order valence-corrected chi connectivity index (χ2v) is 4.24. The van der Waals surface area contributed by atoms with Crippen molar-refractivity contribution in [1.29, 1.82) is 0 Å². The maximum absolute atomic E-state index is 12.6. The predicted octanol–water partition coefficient (Wildman–Crippen LogP) is 3.88. The number of halogens is 3. The number of hydrogen-bond acceptors (Lipinski definition) is 2. The number of alkyl halides is 3. The lowest BCUT2D eigenvalue weighted by Gasteiger charge is -2.07. The van der Waals surface area contributed by atoms with Gasteiger partial charge in [0.15, 0.2) is 5.78 Å². The number of benzene rings is 1. The van der Waals surface area contributed by atoms with Crippen LogP contribution in [-0.4, -0.2) is 11.1 Å². The Labute approximate surface area is 100 Å². The zero-order chi connectivity index (χ0) is 11.4. The Hall–Kier alpha value is -0.420. The number of rotatable bonds is 4. The molecule has 0 atom stereocenters. The SMILES string of the molecule is O=C(CCBr)c1cc(S)ccc1C(F)F. The molecule has 1 nitrogen and oxygen atoms in total. The van der Waals surface area contributed by atoms with E-state index in [1.165, 1.54) is 18.2 Å². The van der Waals surface area contributed by atoms with Gasteiger partial charge in [0.2, 0.25) is 0 Å².